The predicted octanol–water partition coefficient (Wildman–Crippen LogP) is 3.80. The molecule has 140 valence electrons. The highest BCUT2D eigenvalue weighted by molar-refractivity contribution is 8.00. The summed E-state index contributed by atoms with van der Waals surface area (Å²) in [6.07, 6.45) is 0. The number of hydrogen-bond donors (Lipinski definition) is 1. The number of Topliss-reactive ketones (excluding diaryl/α,β-unsaturated/α-hetero) is 1. The fourth-order valence-corrected chi connectivity index (χ4v) is 3.02. The van der Waals surface area contributed by atoms with Crippen molar-refractivity contribution in [3.8, 4) is 11.8 Å². The van der Waals surface area contributed by atoms with Gasteiger partial charge < -0.3 is 10.1 Å². The van der Waals surface area contributed by atoms with Crippen molar-refractivity contribution in [2.24, 2.45) is 0 Å². The number of nitrogens with zero attached hydrogens (tertiary/aromatic N) is 2. The van der Waals surface area contributed by atoms with Crippen LogP contribution in [0.4, 0.5) is 14.5 Å². The van der Waals surface area contributed by atoms with Gasteiger partial charge in [-0.3, -0.25) is 9.59 Å². The van der Waals surface area contributed by atoms with Crippen LogP contribution < -0.4 is 10.1 Å². The number of ketones is 1. The molecule has 0 saturated carbocycles. The molecule has 0 unspecified atom stereocenters. The molecule has 0 radical (unpaired) electrons. The summed E-state index contributed by atoms with van der Waals surface area (Å²) < 4.78 is 29.2. The molecule has 0 aliphatic carbocycles. The molecule has 1 aromatic heterocycles. The Hall–Kier alpha value is -2.99. The lowest BCUT2D eigenvalue weighted by molar-refractivity contribution is -0.113. The number of carbonyl (C=O) groups is 2. The van der Waals surface area contributed by atoms with E-state index in [2.05, 4.69) is 15.0 Å². The predicted molar refractivity (Wildman–Crippen MR) is 96.1 cm³/mol. The van der Waals surface area contributed by atoms with Crippen LogP contribution in [0.3, 0.4) is 0 Å². The molecule has 0 bridgehead atoms. The maximum Gasteiger partial charge on any atom is 0.387 e. The number of benzene rings is 1. The molecule has 0 saturated heterocycles. The van der Waals surface area contributed by atoms with E-state index in [0.29, 0.717) is 16.3 Å². The van der Waals surface area contributed by atoms with Gasteiger partial charge in [-0.1, -0.05) is 23.9 Å². The van der Waals surface area contributed by atoms with Gasteiger partial charge in [0.1, 0.15) is 16.8 Å². The minimum absolute atomic E-state index is 0.108. The van der Waals surface area contributed by atoms with Crippen LogP contribution in [0.2, 0.25) is 0 Å². The number of pyridine rings is 1. The molecule has 0 fully saturated rings. The highest BCUT2D eigenvalue weighted by atomic mass is 32.2. The summed E-state index contributed by atoms with van der Waals surface area (Å²) in [5, 5.41) is 12.0. The van der Waals surface area contributed by atoms with Crippen molar-refractivity contribution in [1.29, 1.82) is 5.26 Å². The number of hydrogen-bond acceptors (Lipinski definition) is 6. The van der Waals surface area contributed by atoms with Crippen molar-refractivity contribution in [3.05, 3.63) is 47.2 Å². The van der Waals surface area contributed by atoms with Gasteiger partial charge in [0, 0.05) is 11.3 Å². The van der Waals surface area contributed by atoms with E-state index in [1.165, 1.54) is 31.2 Å². The third kappa shape index (κ3) is 5.49. The molecule has 0 atom stereocenters. The minimum Gasteiger partial charge on any atom is -0.433 e. The SMILES string of the molecule is CC(=O)c1cc(C#N)c(SCC(=O)Nc2ccccc2OC(F)F)nc1C. The number of aromatic nitrogens is 1. The van der Waals surface area contributed by atoms with E-state index in [1.54, 1.807) is 13.0 Å². The zero-order chi connectivity index (χ0) is 20.0. The molecule has 1 N–H and O–H groups in total. The van der Waals surface area contributed by atoms with Crippen molar-refractivity contribution >= 4 is 29.1 Å². The number of alkyl halides is 2. The van der Waals surface area contributed by atoms with E-state index in [1.807, 2.05) is 6.07 Å². The summed E-state index contributed by atoms with van der Waals surface area (Å²) in [5.74, 6) is -0.946. The topological polar surface area (TPSA) is 92.1 Å². The van der Waals surface area contributed by atoms with Crippen molar-refractivity contribution in [2.75, 3.05) is 11.1 Å². The van der Waals surface area contributed by atoms with Gasteiger partial charge in [0.15, 0.2) is 5.78 Å². The number of carbonyl (C=O) groups excluding carboxylic acids is 2. The smallest absolute Gasteiger partial charge is 0.387 e. The lowest BCUT2D eigenvalue weighted by Gasteiger charge is -2.12. The number of nitrogens with one attached hydrogen (secondary N) is 1. The van der Waals surface area contributed by atoms with Crippen LogP contribution in [0, 0.1) is 18.3 Å². The van der Waals surface area contributed by atoms with E-state index in [-0.39, 0.29) is 28.5 Å². The number of aryl methyl sites for hydroxylation is 1. The monoisotopic (exact) mass is 391 g/mol. The number of halogens is 2. The maximum absolute atomic E-state index is 12.4. The number of amides is 1. The summed E-state index contributed by atoms with van der Waals surface area (Å²) in [6, 6.07) is 9.22. The molecule has 0 aliphatic heterocycles. The fourth-order valence-electron chi connectivity index (χ4n) is 2.22. The highest BCUT2D eigenvalue weighted by Gasteiger charge is 2.15. The Morgan fingerprint density at radius 3 is 2.70 bits per heavy atom. The first-order valence-electron chi connectivity index (χ1n) is 7.71. The highest BCUT2D eigenvalue weighted by Crippen LogP contribution is 2.27. The number of rotatable bonds is 7. The van der Waals surface area contributed by atoms with Crippen LogP contribution in [-0.2, 0) is 4.79 Å². The third-order valence-electron chi connectivity index (χ3n) is 3.40. The lowest BCUT2D eigenvalue weighted by Crippen LogP contribution is -2.16. The normalized spacial score (nSPS) is 10.4. The molecule has 0 spiro atoms. The zero-order valence-electron chi connectivity index (χ0n) is 14.5. The number of ether oxygens (including phenoxy) is 1. The first-order chi connectivity index (χ1) is 12.8. The molecule has 1 aromatic carbocycles. The van der Waals surface area contributed by atoms with E-state index in [0.717, 1.165) is 11.8 Å². The fraction of sp³-hybridized carbons (Fsp3) is 0.222. The van der Waals surface area contributed by atoms with Gasteiger partial charge >= 0.3 is 6.61 Å². The number of thioether (sulfide) groups is 1. The second kappa shape index (κ2) is 9.09. The van der Waals surface area contributed by atoms with Crippen LogP contribution in [0.1, 0.15) is 28.5 Å². The summed E-state index contributed by atoms with van der Waals surface area (Å²) in [4.78, 5) is 27.9. The zero-order valence-corrected chi connectivity index (χ0v) is 15.3. The second-order valence-electron chi connectivity index (χ2n) is 5.35. The van der Waals surface area contributed by atoms with E-state index in [9.17, 15) is 23.6 Å². The molecule has 9 heteroatoms. The van der Waals surface area contributed by atoms with Gasteiger partial charge in [-0.15, -0.1) is 0 Å². The van der Waals surface area contributed by atoms with Gasteiger partial charge in [0.2, 0.25) is 5.91 Å². The summed E-state index contributed by atoms with van der Waals surface area (Å²) in [7, 11) is 0. The Labute approximate surface area is 158 Å². The Bertz CT molecular complexity index is 913. The van der Waals surface area contributed by atoms with Gasteiger partial charge in [-0.05, 0) is 32.0 Å². The van der Waals surface area contributed by atoms with Crippen molar-refractivity contribution in [1.82, 2.24) is 4.98 Å². The summed E-state index contributed by atoms with van der Waals surface area (Å²) in [5.41, 5.74) is 1.10. The van der Waals surface area contributed by atoms with Gasteiger partial charge in [0.05, 0.1) is 17.0 Å². The largest absolute Gasteiger partial charge is 0.433 e. The number of anilines is 1. The first-order valence-corrected chi connectivity index (χ1v) is 8.69. The van der Waals surface area contributed by atoms with E-state index >= 15 is 0 Å². The standard InChI is InChI=1S/C18H15F2N3O3S/c1-10-13(11(2)24)7-12(8-21)17(22-10)27-9-16(25)23-14-5-3-4-6-15(14)26-18(19)20/h3-7,18H,9H2,1-2H3,(H,23,25). The van der Waals surface area contributed by atoms with E-state index < -0.39 is 12.5 Å². The Balaban J connectivity index is 2.10. The van der Waals surface area contributed by atoms with Crippen LogP contribution in [0.15, 0.2) is 35.4 Å². The number of para-hydroxylation sites is 2. The van der Waals surface area contributed by atoms with Crippen LogP contribution in [0.25, 0.3) is 0 Å². The molecule has 6 nitrogen and oxygen atoms in total. The first kappa shape index (κ1) is 20.3. The maximum atomic E-state index is 12.4. The third-order valence-corrected chi connectivity index (χ3v) is 4.39. The molecular formula is C18H15F2N3O3S. The molecule has 2 rings (SSSR count). The molecular weight excluding hydrogens is 376 g/mol. The Kier molecular flexibility index (Phi) is 6.85. The Morgan fingerprint density at radius 2 is 2.07 bits per heavy atom. The van der Waals surface area contributed by atoms with Crippen LogP contribution >= 0.6 is 11.8 Å². The van der Waals surface area contributed by atoms with Crippen LogP contribution in [0.5, 0.6) is 5.75 Å². The Morgan fingerprint density at radius 1 is 1.37 bits per heavy atom. The summed E-state index contributed by atoms with van der Waals surface area (Å²) in [6.45, 7) is 0.00664. The van der Waals surface area contributed by atoms with Crippen molar-refractivity contribution < 1.29 is 23.1 Å². The van der Waals surface area contributed by atoms with Gasteiger partial charge in [0.25, 0.3) is 0 Å². The lowest BCUT2D eigenvalue weighted by atomic mass is 10.1. The van der Waals surface area contributed by atoms with Crippen LogP contribution in [-0.4, -0.2) is 29.0 Å². The van der Waals surface area contributed by atoms with E-state index in [4.69, 9.17) is 0 Å². The molecule has 1 amide bonds. The average Bonchev–Trinajstić information content (AvgIpc) is 2.61. The minimum atomic E-state index is -3.01. The second-order valence-corrected chi connectivity index (χ2v) is 6.32. The van der Waals surface area contributed by atoms with Gasteiger partial charge in [-0.2, -0.15) is 14.0 Å². The van der Waals surface area contributed by atoms with Crippen molar-refractivity contribution in [2.45, 2.75) is 25.5 Å². The average molecular weight is 391 g/mol. The summed E-state index contributed by atoms with van der Waals surface area (Å²) >= 11 is 1.01. The molecule has 2 aromatic rings. The van der Waals surface area contributed by atoms with Crippen molar-refractivity contribution in [3.63, 3.8) is 0 Å². The van der Waals surface area contributed by atoms with Gasteiger partial charge in [-0.25, -0.2) is 4.98 Å². The molecule has 0 aliphatic rings. The number of nitriles is 1. The molecule has 27 heavy (non-hydrogen) atoms. The quantitative estimate of drug-likeness (QED) is 0.570. The molecule has 1 heterocycles.